The van der Waals surface area contributed by atoms with Gasteiger partial charge in [-0.05, 0) is 128 Å². The van der Waals surface area contributed by atoms with Crippen molar-refractivity contribution in [3.05, 3.63) is 124 Å². The highest BCUT2D eigenvalue weighted by molar-refractivity contribution is 6.17. The molecule has 0 N–H and O–H groups in total. The fraction of sp³-hybridized carbons (Fsp3) is 0.279. The molecular formula is C43H42N3+. The molecule has 3 fully saturated rings. The molecule has 228 valence electrons. The predicted molar refractivity (Wildman–Crippen MR) is 196 cm³/mol. The lowest BCUT2D eigenvalue weighted by molar-refractivity contribution is -0.503. The molecule has 5 aromatic rings. The zero-order chi connectivity index (χ0) is 30.5. The maximum Gasteiger partial charge on any atom is 0.200 e. The number of hydrogen-bond acceptors (Lipinski definition) is 2. The summed E-state index contributed by atoms with van der Waals surface area (Å²) in [4.78, 5) is 5.05. The van der Waals surface area contributed by atoms with Crippen molar-refractivity contribution < 1.29 is 4.58 Å². The van der Waals surface area contributed by atoms with Gasteiger partial charge in [0.05, 0.1) is 0 Å². The second-order valence-electron chi connectivity index (χ2n) is 13.7. The minimum Gasteiger partial charge on any atom is -0.372 e. The second kappa shape index (κ2) is 11.6. The van der Waals surface area contributed by atoms with Gasteiger partial charge in [0.15, 0.2) is 0 Å². The van der Waals surface area contributed by atoms with E-state index in [2.05, 4.69) is 124 Å². The third-order valence-electron chi connectivity index (χ3n) is 10.8. The SMILES string of the molecule is C1=Cc2cc(=C(c3ccc4cc(N5CCCC5)ccc4c3)c3ccc4cc(N5CCCC5)ccc4c3)ccc2=CC1=[N+]1CCCC1. The summed E-state index contributed by atoms with van der Waals surface area (Å²) >= 11 is 0. The van der Waals surface area contributed by atoms with Crippen molar-refractivity contribution in [2.45, 2.75) is 38.5 Å². The van der Waals surface area contributed by atoms with Crippen molar-refractivity contribution in [2.24, 2.45) is 0 Å². The van der Waals surface area contributed by atoms with Crippen LogP contribution in [0.1, 0.15) is 55.2 Å². The molecule has 3 aliphatic heterocycles. The molecule has 0 aromatic heterocycles. The van der Waals surface area contributed by atoms with E-state index in [4.69, 9.17) is 0 Å². The van der Waals surface area contributed by atoms with Gasteiger partial charge < -0.3 is 9.80 Å². The van der Waals surface area contributed by atoms with Crippen LogP contribution in [-0.2, 0) is 0 Å². The number of benzene rings is 5. The normalized spacial score (nSPS) is 17.7. The Morgan fingerprint density at radius 3 is 1.63 bits per heavy atom. The van der Waals surface area contributed by atoms with E-state index < -0.39 is 0 Å². The van der Waals surface area contributed by atoms with Gasteiger partial charge in [0.1, 0.15) is 13.1 Å². The van der Waals surface area contributed by atoms with E-state index in [0.717, 1.165) is 0 Å². The first-order valence-corrected chi connectivity index (χ1v) is 17.5. The Labute approximate surface area is 272 Å². The van der Waals surface area contributed by atoms with E-state index in [1.807, 2.05) is 0 Å². The first kappa shape index (κ1) is 27.7. The van der Waals surface area contributed by atoms with Gasteiger partial charge in [-0.3, -0.25) is 0 Å². The Kier molecular flexibility index (Phi) is 6.99. The molecule has 4 aliphatic rings. The van der Waals surface area contributed by atoms with Crippen molar-refractivity contribution in [3.63, 3.8) is 0 Å². The molecule has 0 radical (unpaired) electrons. The average molecular weight is 601 g/mol. The Hall–Kier alpha value is -4.63. The van der Waals surface area contributed by atoms with Crippen LogP contribution in [-0.4, -0.2) is 49.6 Å². The van der Waals surface area contributed by atoms with Crippen LogP contribution in [0.5, 0.6) is 0 Å². The Bertz CT molecular complexity index is 2060. The molecule has 0 bridgehead atoms. The maximum absolute atomic E-state index is 2.53. The van der Waals surface area contributed by atoms with Gasteiger partial charge in [-0.25, -0.2) is 4.58 Å². The van der Waals surface area contributed by atoms with Gasteiger partial charge in [-0.1, -0.05) is 48.5 Å². The van der Waals surface area contributed by atoms with E-state index >= 15 is 0 Å². The topological polar surface area (TPSA) is 9.49 Å². The van der Waals surface area contributed by atoms with Crippen LogP contribution in [0.4, 0.5) is 11.4 Å². The molecule has 46 heavy (non-hydrogen) atoms. The van der Waals surface area contributed by atoms with Gasteiger partial charge >= 0.3 is 0 Å². The zero-order valence-corrected chi connectivity index (χ0v) is 26.7. The summed E-state index contributed by atoms with van der Waals surface area (Å²) in [7, 11) is 0. The fourth-order valence-electron chi connectivity index (χ4n) is 8.18. The molecule has 9 rings (SSSR count). The quantitative estimate of drug-likeness (QED) is 0.198. The van der Waals surface area contributed by atoms with Crippen LogP contribution in [0, 0.1) is 0 Å². The standard InChI is InChI=1S/C43H42N3/c1-2-20-44(19-1)40-16-13-31-25-37(10-7-34(31)28-40)43(38-11-8-35-29-41(17-14-32(35)26-38)45-21-3-4-22-45)39-12-9-36-30-42(18-15-33(36)27-39)46-23-5-6-24-46/h7-18,25-30H,1-6,19-24H2/q+1. The first-order chi connectivity index (χ1) is 22.7. The van der Waals surface area contributed by atoms with Crippen molar-refractivity contribution in [2.75, 3.05) is 49.1 Å². The van der Waals surface area contributed by atoms with Crippen LogP contribution >= 0.6 is 0 Å². The van der Waals surface area contributed by atoms with Crippen molar-refractivity contribution in [1.82, 2.24) is 0 Å². The Morgan fingerprint density at radius 2 is 1.04 bits per heavy atom. The number of nitrogens with zero attached hydrogens (tertiary/aromatic N) is 3. The summed E-state index contributed by atoms with van der Waals surface area (Å²) in [5, 5.41) is 7.80. The predicted octanol–water partition coefficient (Wildman–Crippen LogP) is 7.50. The molecule has 3 saturated heterocycles. The molecule has 3 heterocycles. The Morgan fingerprint density at radius 1 is 0.500 bits per heavy atom. The summed E-state index contributed by atoms with van der Waals surface area (Å²) in [5.41, 5.74) is 9.18. The maximum atomic E-state index is 2.53. The molecule has 3 nitrogen and oxygen atoms in total. The molecule has 3 heteroatoms. The van der Waals surface area contributed by atoms with Crippen LogP contribution in [0.2, 0.25) is 0 Å². The summed E-state index contributed by atoms with van der Waals surface area (Å²) < 4.78 is 2.53. The van der Waals surface area contributed by atoms with Gasteiger partial charge in [-0.15, -0.1) is 0 Å². The van der Waals surface area contributed by atoms with Gasteiger partial charge in [0.2, 0.25) is 5.71 Å². The summed E-state index contributed by atoms with van der Waals surface area (Å²) in [5.74, 6) is 0. The van der Waals surface area contributed by atoms with Crippen molar-refractivity contribution in [1.29, 1.82) is 0 Å². The number of allylic oxidation sites excluding steroid dienone is 1. The number of fused-ring (bicyclic) bond motifs is 3. The second-order valence-corrected chi connectivity index (χ2v) is 13.7. The molecule has 0 spiro atoms. The van der Waals surface area contributed by atoms with Crippen LogP contribution in [0.15, 0.2) is 97.1 Å². The summed E-state index contributed by atoms with van der Waals surface area (Å²) in [6.07, 6.45) is 14.8. The minimum absolute atomic E-state index is 1.17. The van der Waals surface area contributed by atoms with E-state index in [0.29, 0.717) is 0 Å². The summed E-state index contributed by atoms with van der Waals surface area (Å²) in [6, 6.07) is 35.3. The molecule has 1 aliphatic carbocycles. The van der Waals surface area contributed by atoms with Crippen molar-refractivity contribution in [3.8, 4) is 0 Å². The Balaban J connectivity index is 1.19. The largest absolute Gasteiger partial charge is 0.372 e. The van der Waals surface area contributed by atoms with Gasteiger partial charge in [-0.2, -0.15) is 0 Å². The van der Waals surface area contributed by atoms with Crippen LogP contribution in [0.3, 0.4) is 0 Å². The first-order valence-electron chi connectivity index (χ1n) is 17.5. The van der Waals surface area contributed by atoms with E-state index in [1.54, 1.807) is 0 Å². The fourth-order valence-corrected chi connectivity index (χ4v) is 8.18. The van der Waals surface area contributed by atoms with E-state index in [-0.39, 0.29) is 0 Å². The zero-order valence-electron chi connectivity index (χ0n) is 26.7. The third-order valence-corrected chi connectivity index (χ3v) is 10.8. The third kappa shape index (κ3) is 5.12. The average Bonchev–Trinajstić information content (AvgIpc) is 3.92. The molecule has 5 aromatic carbocycles. The van der Waals surface area contributed by atoms with Crippen LogP contribution < -0.4 is 20.2 Å². The van der Waals surface area contributed by atoms with Crippen molar-refractivity contribution >= 4 is 56.4 Å². The lowest BCUT2D eigenvalue weighted by atomic mass is 9.91. The highest BCUT2D eigenvalue weighted by atomic mass is 15.1. The molecule has 0 saturated carbocycles. The van der Waals surface area contributed by atoms with E-state index in [1.165, 1.54) is 149 Å². The number of rotatable bonds is 4. The van der Waals surface area contributed by atoms with Gasteiger partial charge in [0.25, 0.3) is 0 Å². The highest BCUT2D eigenvalue weighted by Crippen LogP contribution is 2.32. The molecule has 0 atom stereocenters. The lowest BCUT2D eigenvalue weighted by Gasteiger charge is -2.19. The molecular weight excluding hydrogens is 558 g/mol. The van der Waals surface area contributed by atoms with Crippen LogP contribution in [0.25, 0.3) is 39.3 Å². The minimum atomic E-state index is 1.17. The lowest BCUT2D eigenvalue weighted by Crippen LogP contribution is -2.23. The summed E-state index contributed by atoms with van der Waals surface area (Å²) in [6.45, 7) is 7.03. The smallest absolute Gasteiger partial charge is 0.200 e. The molecule has 0 amide bonds. The van der Waals surface area contributed by atoms with E-state index in [9.17, 15) is 0 Å². The highest BCUT2D eigenvalue weighted by Gasteiger charge is 2.19. The molecule has 0 unspecified atom stereocenters. The van der Waals surface area contributed by atoms with Gasteiger partial charge in [0, 0.05) is 62.5 Å². The number of anilines is 2. The monoisotopic (exact) mass is 600 g/mol. The number of hydrogen-bond donors (Lipinski definition) is 0.